The summed E-state index contributed by atoms with van der Waals surface area (Å²) in [7, 11) is 0. The number of ether oxygens (including phenoxy) is 1. The van der Waals surface area contributed by atoms with Gasteiger partial charge in [-0.05, 0) is 24.3 Å². The predicted molar refractivity (Wildman–Crippen MR) is 97.4 cm³/mol. The molecular weight excluding hydrogens is 337 g/mol. The summed E-state index contributed by atoms with van der Waals surface area (Å²) in [6, 6.07) is 12.3. The van der Waals surface area contributed by atoms with Crippen LogP contribution in [0.5, 0.6) is 5.75 Å². The van der Waals surface area contributed by atoms with E-state index in [-0.39, 0.29) is 24.7 Å². The lowest BCUT2D eigenvalue weighted by Crippen LogP contribution is -2.29. The van der Waals surface area contributed by atoms with Crippen molar-refractivity contribution in [3.8, 4) is 17.6 Å². The monoisotopic (exact) mass is 355 g/mol. The second-order valence-corrected chi connectivity index (χ2v) is 5.14. The van der Waals surface area contributed by atoms with Crippen LogP contribution in [0.25, 0.3) is 0 Å². The third kappa shape index (κ3) is 6.53. The van der Waals surface area contributed by atoms with E-state index in [0.717, 1.165) is 0 Å². The van der Waals surface area contributed by atoms with Gasteiger partial charge in [0.25, 0.3) is 0 Å². The molecule has 2 aromatic rings. The largest absolute Gasteiger partial charge is 0.481 e. The molecule has 0 unspecified atom stereocenters. The number of urea groups is 1. The molecule has 0 aliphatic carbocycles. The number of rotatable bonds is 5. The van der Waals surface area contributed by atoms with Crippen LogP contribution in [0.15, 0.2) is 48.5 Å². The fraction of sp³-hybridized carbons (Fsp3) is 0.158. The molecule has 0 aromatic heterocycles. The molecule has 0 aliphatic heterocycles. The van der Waals surface area contributed by atoms with Crippen LogP contribution in [0.3, 0.4) is 0 Å². The van der Waals surface area contributed by atoms with Crippen LogP contribution in [0, 0.1) is 17.7 Å². The van der Waals surface area contributed by atoms with Crippen molar-refractivity contribution >= 4 is 23.3 Å². The minimum absolute atomic E-state index is 0.0928. The average molecular weight is 355 g/mol. The lowest BCUT2D eigenvalue weighted by atomic mass is 10.3. The summed E-state index contributed by atoms with van der Waals surface area (Å²) >= 11 is 0. The number of amides is 3. The van der Waals surface area contributed by atoms with E-state index in [2.05, 4.69) is 27.8 Å². The second kappa shape index (κ2) is 9.69. The molecular formula is C19H18FN3O3. The fourth-order valence-electron chi connectivity index (χ4n) is 1.95. The Morgan fingerprint density at radius 1 is 1.08 bits per heavy atom. The minimum atomic E-state index is -0.548. The first-order valence-corrected chi connectivity index (χ1v) is 7.80. The average Bonchev–Trinajstić information content (AvgIpc) is 2.60. The Hall–Kier alpha value is -3.53. The SMILES string of the molecule is CC(=O)Nc1cccc(OCC#CCNC(=O)Nc2ccccc2F)c1. The standard InChI is InChI=1S/C19H18FN3O3/c1-14(24)22-15-7-6-8-16(13-15)26-12-5-4-11-21-19(25)23-18-10-3-2-9-17(18)20/h2-3,6-10,13H,11-12H2,1H3,(H,22,24)(H2,21,23,25). The van der Waals surface area contributed by atoms with Crippen molar-refractivity contribution in [1.82, 2.24) is 5.32 Å². The molecule has 0 fully saturated rings. The number of para-hydroxylation sites is 1. The van der Waals surface area contributed by atoms with Gasteiger partial charge in [0.2, 0.25) is 5.91 Å². The molecule has 6 nitrogen and oxygen atoms in total. The van der Waals surface area contributed by atoms with E-state index in [1.54, 1.807) is 30.3 Å². The molecule has 0 heterocycles. The highest BCUT2D eigenvalue weighted by molar-refractivity contribution is 5.89. The third-order valence-electron chi connectivity index (χ3n) is 3.05. The lowest BCUT2D eigenvalue weighted by molar-refractivity contribution is -0.114. The predicted octanol–water partition coefficient (Wildman–Crippen LogP) is 2.99. The summed E-state index contributed by atoms with van der Waals surface area (Å²) in [4.78, 5) is 22.6. The van der Waals surface area contributed by atoms with Gasteiger partial charge in [-0.1, -0.05) is 30.0 Å². The van der Waals surface area contributed by atoms with Crippen LogP contribution >= 0.6 is 0 Å². The van der Waals surface area contributed by atoms with E-state index in [9.17, 15) is 14.0 Å². The van der Waals surface area contributed by atoms with Crippen LogP contribution in [-0.2, 0) is 4.79 Å². The summed E-state index contributed by atoms with van der Waals surface area (Å²) in [6.45, 7) is 1.64. The van der Waals surface area contributed by atoms with E-state index in [1.807, 2.05) is 0 Å². The molecule has 7 heteroatoms. The molecule has 0 bridgehead atoms. The Balaban J connectivity index is 1.71. The molecule has 2 rings (SSSR count). The van der Waals surface area contributed by atoms with Crippen LogP contribution in [0.1, 0.15) is 6.92 Å². The zero-order valence-electron chi connectivity index (χ0n) is 14.1. The highest BCUT2D eigenvalue weighted by atomic mass is 19.1. The molecule has 0 saturated carbocycles. The van der Waals surface area contributed by atoms with E-state index in [0.29, 0.717) is 11.4 Å². The smallest absolute Gasteiger partial charge is 0.320 e. The lowest BCUT2D eigenvalue weighted by Gasteiger charge is -2.06. The molecule has 2 aromatic carbocycles. The van der Waals surface area contributed by atoms with Gasteiger partial charge in [0, 0.05) is 18.7 Å². The molecule has 0 radical (unpaired) electrons. The molecule has 0 spiro atoms. The van der Waals surface area contributed by atoms with E-state index < -0.39 is 11.8 Å². The van der Waals surface area contributed by atoms with Gasteiger partial charge in [0.1, 0.15) is 18.2 Å². The van der Waals surface area contributed by atoms with Crippen LogP contribution in [-0.4, -0.2) is 25.1 Å². The Kier molecular flexibility index (Phi) is 7.01. The normalized spacial score (nSPS) is 9.46. The van der Waals surface area contributed by atoms with Crippen molar-refractivity contribution < 1.29 is 18.7 Å². The van der Waals surface area contributed by atoms with Crippen LogP contribution in [0.4, 0.5) is 20.6 Å². The van der Waals surface area contributed by atoms with Gasteiger partial charge in [-0.15, -0.1) is 0 Å². The van der Waals surface area contributed by atoms with Crippen molar-refractivity contribution in [3.05, 3.63) is 54.3 Å². The van der Waals surface area contributed by atoms with Gasteiger partial charge in [0.05, 0.1) is 12.2 Å². The number of anilines is 2. The number of nitrogens with one attached hydrogen (secondary N) is 3. The Labute approximate surface area is 150 Å². The number of halogens is 1. The maximum Gasteiger partial charge on any atom is 0.320 e. The summed E-state index contributed by atoms with van der Waals surface area (Å²) in [5.74, 6) is 5.36. The number of hydrogen-bond acceptors (Lipinski definition) is 3. The number of carbonyl (C=O) groups is 2. The summed E-state index contributed by atoms with van der Waals surface area (Å²) in [5.41, 5.74) is 0.731. The van der Waals surface area contributed by atoms with Crippen LogP contribution < -0.4 is 20.7 Å². The molecule has 26 heavy (non-hydrogen) atoms. The van der Waals surface area contributed by atoms with Crippen LogP contribution in [0.2, 0.25) is 0 Å². The Morgan fingerprint density at radius 2 is 1.88 bits per heavy atom. The fourth-order valence-corrected chi connectivity index (χ4v) is 1.95. The highest BCUT2D eigenvalue weighted by Gasteiger charge is 2.04. The van der Waals surface area contributed by atoms with E-state index >= 15 is 0 Å². The van der Waals surface area contributed by atoms with Crippen molar-refractivity contribution in [1.29, 1.82) is 0 Å². The van der Waals surface area contributed by atoms with Gasteiger partial charge in [-0.2, -0.15) is 0 Å². The van der Waals surface area contributed by atoms with Crippen molar-refractivity contribution in [2.45, 2.75) is 6.92 Å². The molecule has 3 amide bonds. The maximum absolute atomic E-state index is 13.4. The Bertz CT molecular complexity index is 843. The van der Waals surface area contributed by atoms with Crippen molar-refractivity contribution in [2.24, 2.45) is 0 Å². The van der Waals surface area contributed by atoms with E-state index in [4.69, 9.17) is 4.74 Å². The highest BCUT2D eigenvalue weighted by Crippen LogP contribution is 2.17. The zero-order valence-corrected chi connectivity index (χ0v) is 14.1. The second-order valence-electron chi connectivity index (χ2n) is 5.14. The van der Waals surface area contributed by atoms with Gasteiger partial charge in [0.15, 0.2) is 0 Å². The maximum atomic E-state index is 13.4. The summed E-state index contributed by atoms with van der Waals surface area (Å²) in [6.07, 6.45) is 0. The molecule has 134 valence electrons. The molecule has 0 saturated heterocycles. The summed E-state index contributed by atoms with van der Waals surface area (Å²) in [5, 5.41) is 7.54. The first-order valence-electron chi connectivity index (χ1n) is 7.80. The van der Waals surface area contributed by atoms with Gasteiger partial charge in [-0.3, -0.25) is 4.79 Å². The van der Waals surface area contributed by atoms with Gasteiger partial charge < -0.3 is 20.7 Å². The zero-order chi connectivity index (χ0) is 18.8. The first kappa shape index (κ1) is 18.8. The Morgan fingerprint density at radius 3 is 2.65 bits per heavy atom. The first-order chi connectivity index (χ1) is 12.5. The topological polar surface area (TPSA) is 79.5 Å². The van der Waals surface area contributed by atoms with Crippen molar-refractivity contribution in [3.63, 3.8) is 0 Å². The molecule has 3 N–H and O–H groups in total. The van der Waals surface area contributed by atoms with E-state index in [1.165, 1.54) is 25.1 Å². The number of hydrogen-bond donors (Lipinski definition) is 3. The molecule has 0 aliphatic rings. The van der Waals surface area contributed by atoms with Crippen molar-refractivity contribution in [2.75, 3.05) is 23.8 Å². The van der Waals surface area contributed by atoms with Gasteiger partial charge in [-0.25, -0.2) is 9.18 Å². The number of carbonyl (C=O) groups excluding carboxylic acids is 2. The number of benzene rings is 2. The minimum Gasteiger partial charge on any atom is -0.481 e. The third-order valence-corrected chi connectivity index (χ3v) is 3.05. The summed E-state index contributed by atoms with van der Waals surface area (Å²) < 4.78 is 18.8. The van der Waals surface area contributed by atoms with Gasteiger partial charge >= 0.3 is 6.03 Å². The molecule has 0 atom stereocenters. The quantitative estimate of drug-likeness (QED) is 0.722.